The molecule has 3 aromatic carbocycles. The second-order valence-electron chi connectivity index (χ2n) is 10.4. The third kappa shape index (κ3) is 5.33. The van der Waals surface area contributed by atoms with Crippen molar-refractivity contribution >= 4 is 10.9 Å². The van der Waals surface area contributed by atoms with Crippen molar-refractivity contribution in [1.29, 1.82) is 0 Å². The van der Waals surface area contributed by atoms with Gasteiger partial charge in [-0.25, -0.2) is 0 Å². The molecule has 0 radical (unpaired) electrons. The average Bonchev–Trinajstić information content (AvgIpc) is 2.96. The maximum atomic E-state index is 13.3. The van der Waals surface area contributed by atoms with E-state index in [-0.39, 0.29) is 5.56 Å². The number of hydrogen-bond donors (Lipinski definition) is 1. The number of fused-ring (bicyclic) bond motifs is 2. The van der Waals surface area contributed by atoms with Crippen LogP contribution >= 0.6 is 0 Å². The summed E-state index contributed by atoms with van der Waals surface area (Å²) >= 11 is 0. The molecule has 1 N–H and O–H groups in total. The van der Waals surface area contributed by atoms with Gasteiger partial charge in [-0.2, -0.15) is 0 Å². The van der Waals surface area contributed by atoms with Gasteiger partial charge in [0.25, 0.3) is 5.56 Å². The fraction of sp³-hybridized carbons (Fsp3) is 0.344. The highest BCUT2D eigenvalue weighted by Crippen LogP contribution is 2.31. The molecule has 0 aliphatic carbocycles. The number of piperidine rings is 1. The van der Waals surface area contributed by atoms with Crippen molar-refractivity contribution < 1.29 is 9.47 Å². The van der Waals surface area contributed by atoms with Crippen molar-refractivity contribution in [3.63, 3.8) is 0 Å². The van der Waals surface area contributed by atoms with Crippen LogP contribution < -0.4 is 20.3 Å². The Bertz CT molecular complexity index is 1470. The van der Waals surface area contributed by atoms with Gasteiger partial charge in [0.1, 0.15) is 13.2 Å². The van der Waals surface area contributed by atoms with Gasteiger partial charge in [-0.15, -0.1) is 0 Å². The lowest BCUT2D eigenvalue weighted by Crippen LogP contribution is -2.43. The van der Waals surface area contributed by atoms with E-state index in [2.05, 4.69) is 59.6 Å². The maximum absolute atomic E-state index is 13.3. The van der Waals surface area contributed by atoms with E-state index in [1.807, 2.05) is 28.8 Å². The molecule has 1 fully saturated rings. The molecular weight excluding hydrogens is 474 g/mol. The standard InChI is InChI=1S/C32H35N3O3/c1-23-7-9-27-28(25-5-3-2-4-6-25)21-32(36)35(29(27)19-23)16-15-34-13-11-26(12-14-34)33-22-24-8-10-30-31(20-24)38-18-17-37-30/h2-10,19-21,26,33H,11-18,22H2,1H3. The molecule has 196 valence electrons. The van der Waals surface area contributed by atoms with E-state index in [4.69, 9.17) is 9.47 Å². The van der Waals surface area contributed by atoms with Crippen LogP contribution in [0, 0.1) is 6.92 Å². The topological polar surface area (TPSA) is 55.7 Å². The molecule has 0 atom stereocenters. The molecule has 6 heteroatoms. The highest BCUT2D eigenvalue weighted by atomic mass is 16.6. The largest absolute Gasteiger partial charge is 0.486 e. The molecule has 6 rings (SSSR count). The number of aryl methyl sites for hydroxylation is 1. The first-order valence-electron chi connectivity index (χ1n) is 13.7. The number of rotatable bonds is 7. The Morgan fingerprint density at radius 3 is 2.47 bits per heavy atom. The minimum Gasteiger partial charge on any atom is -0.486 e. The first kappa shape index (κ1) is 24.7. The summed E-state index contributed by atoms with van der Waals surface area (Å²) in [4.78, 5) is 15.8. The number of likely N-dealkylation sites (tertiary alicyclic amines) is 1. The Balaban J connectivity index is 1.08. The lowest BCUT2D eigenvalue weighted by molar-refractivity contribution is 0.171. The fourth-order valence-corrected chi connectivity index (χ4v) is 5.64. The number of hydrogen-bond acceptors (Lipinski definition) is 5. The van der Waals surface area contributed by atoms with Gasteiger partial charge in [-0.3, -0.25) is 4.79 Å². The molecule has 2 aliphatic rings. The van der Waals surface area contributed by atoms with Gasteiger partial charge in [-0.05, 0) is 73.3 Å². The van der Waals surface area contributed by atoms with Crippen molar-refractivity contribution in [2.75, 3.05) is 32.8 Å². The molecule has 0 bridgehead atoms. The van der Waals surface area contributed by atoms with E-state index >= 15 is 0 Å². The number of benzene rings is 3. The quantitative estimate of drug-likeness (QED) is 0.380. The second kappa shape index (κ2) is 11.0. The van der Waals surface area contributed by atoms with Crippen LogP contribution in [-0.4, -0.2) is 48.4 Å². The molecule has 0 unspecified atom stereocenters. The van der Waals surface area contributed by atoms with Crippen molar-refractivity contribution in [1.82, 2.24) is 14.8 Å². The lowest BCUT2D eigenvalue weighted by atomic mass is 10.00. The summed E-state index contributed by atoms with van der Waals surface area (Å²) in [6.07, 6.45) is 2.21. The smallest absolute Gasteiger partial charge is 0.251 e. The summed E-state index contributed by atoms with van der Waals surface area (Å²) in [6.45, 7) is 7.79. The molecular formula is C32H35N3O3. The summed E-state index contributed by atoms with van der Waals surface area (Å²) in [5.74, 6) is 1.69. The zero-order valence-electron chi connectivity index (χ0n) is 22.0. The third-order valence-corrected chi connectivity index (χ3v) is 7.78. The maximum Gasteiger partial charge on any atom is 0.251 e. The van der Waals surface area contributed by atoms with E-state index in [0.29, 0.717) is 25.8 Å². The monoisotopic (exact) mass is 509 g/mol. The van der Waals surface area contributed by atoms with Gasteiger partial charge < -0.3 is 24.3 Å². The Labute approximate surface area is 223 Å². The Kier molecular flexibility index (Phi) is 7.16. The molecule has 1 saturated heterocycles. The van der Waals surface area contributed by atoms with Crippen molar-refractivity contribution in [3.05, 3.63) is 94.3 Å². The zero-order valence-corrected chi connectivity index (χ0v) is 22.0. The number of nitrogens with zero attached hydrogens (tertiary/aromatic N) is 2. The van der Waals surface area contributed by atoms with Crippen LogP contribution in [0.4, 0.5) is 0 Å². The second-order valence-corrected chi connectivity index (χ2v) is 10.4. The number of ether oxygens (including phenoxy) is 2. The summed E-state index contributed by atoms with van der Waals surface area (Å²) in [5, 5.41) is 4.85. The van der Waals surface area contributed by atoms with Crippen molar-refractivity contribution in [3.8, 4) is 22.6 Å². The minimum absolute atomic E-state index is 0.0675. The molecule has 0 saturated carbocycles. The van der Waals surface area contributed by atoms with Gasteiger partial charge in [0.15, 0.2) is 11.5 Å². The lowest BCUT2D eigenvalue weighted by Gasteiger charge is -2.32. The summed E-state index contributed by atoms with van der Waals surface area (Å²) in [6, 6.07) is 25.1. The van der Waals surface area contributed by atoms with Crippen LogP contribution in [0.1, 0.15) is 24.0 Å². The van der Waals surface area contributed by atoms with E-state index in [9.17, 15) is 4.79 Å². The summed E-state index contributed by atoms with van der Waals surface area (Å²) < 4.78 is 13.3. The highest BCUT2D eigenvalue weighted by Gasteiger charge is 2.20. The van der Waals surface area contributed by atoms with Gasteiger partial charge in [-0.1, -0.05) is 48.5 Å². The first-order chi connectivity index (χ1) is 18.6. The zero-order chi connectivity index (χ0) is 25.9. The first-order valence-corrected chi connectivity index (χ1v) is 13.7. The normalized spacial score (nSPS) is 16.1. The van der Waals surface area contributed by atoms with Crippen molar-refractivity contribution in [2.24, 2.45) is 0 Å². The number of aromatic nitrogens is 1. The van der Waals surface area contributed by atoms with Gasteiger partial charge >= 0.3 is 0 Å². The van der Waals surface area contributed by atoms with Crippen molar-refractivity contribution in [2.45, 2.75) is 38.9 Å². The van der Waals surface area contributed by atoms with Gasteiger partial charge in [0.2, 0.25) is 0 Å². The Morgan fingerprint density at radius 2 is 1.66 bits per heavy atom. The van der Waals surface area contributed by atoms with Crippen LogP contribution in [0.25, 0.3) is 22.0 Å². The van der Waals surface area contributed by atoms with Crippen LogP contribution in [0.5, 0.6) is 11.5 Å². The van der Waals surface area contributed by atoms with E-state index < -0.39 is 0 Å². The Hall–Kier alpha value is -3.61. The van der Waals surface area contributed by atoms with Gasteiger partial charge in [0, 0.05) is 37.1 Å². The third-order valence-electron chi connectivity index (χ3n) is 7.78. The molecule has 38 heavy (non-hydrogen) atoms. The minimum atomic E-state index is 0.0675. The summed E-state index contributed by atoms with van der Waals surface area (Å²) in [5.41, 5.74) is 5.56. The fourth-order valence-electron chi connectivity index (χ4n) is 5.64. The summed E-state index contributed by atoms with van der Waals surface area (Å²) in [7, 11) is 0. The van der Waals surface area contributed by atoms with Gasteiger partial charge in [0.05, 0.1) is 5.52 Å². The molecule has 4 aromatic rings. The van der Waals surface area contributed by atoms with Crippen LogP contribution in [-0.2, 0) is 13.1 Å². The molecule has 0 spiro atoms. The number of nitrogens with one attached hydrogen (secondary N) is 1. The molecule has 1 aromatic heterocycles. The highest BCUT2D eigenvalue weighted by molar-refractivity contribution is 5.95. The molecule has 6 nitrogen and oxygen atoms in total. The van der Waals surface area contributed by atoms with Crippen LogP contribution in [0.3, 0.4) is 0 Å². The SMILES string of the molecule is Cc1ccc2c(-c3ccccc3)cc(=O)n(CCN3CCC(NCc4ccc5c(c4)OCCO5)CC3)c2c1. The van der Waals surface area contributed by atoms with E-state index in [1.165, 1.54) is 11.1 Å². The van der Waals surface area contributed by atoms with Crippen LogP contribution in [0.15, 0.2) is 77.6 Å². The van der Waals surface area contributed by atoms with E-state index in [1.54, 1.807) is 6.07 Å². The molecule has 2 aliphatic heterocycles. The molecule has 3 heterocycles. The van der Waals surface area contributed by atoms with Crippen LogP contribution in [0.2, 0.25) is 0 Å². The average molecular weight is 510 g/mol. The predicted octanol–water partition coefficient (Wildman–Crippen LogP) is 5.00. The number of pyridine rings is 1. The predicted molar refractivity (Wildman–Crippen MR) is 152 cm³/mol. The Morgan fingerprint density at radius 1 is 0.868 bits per heavy atom. The molecule has 0 amide bonds. The van der Waals surface area contributed by atoms with E-state index in [0.717, 1.165) is 72.5 Å².